The third-order valence-electron chi connectivity index (χ3n) is 7.28. The minimum Gasteiger partial charge on any atom is -0.394 e. The standard InChI is InChI=1S/C28H21N5O6/c34-11-21-19(35)10-22(39-21)33-12-29-24-26(33)31-28(32-27(24)38)30-18-9-20(36)25(37)16-6-5-15-7-13-3-1-2-4-14(13)8-17(15)23(16)18/h1-9,12,19,21-22,34-35H,10-11H2,(H2,30,31,32,38)/t19-,21+,22+/m0/s1. The van der Waals surface area contributed by atoms with Gasteiger partial charge in [-0.2, -0.15) is 4.98 Å². The van der Waals surface area contributed by atoms with Gasteiger partial charge in [-0.1, -0.05) is 30.3 Å². The van der Waals surface area contributed by atoms with Gasteiger partial charge in [0.2, 0.25) is 17.5 Å². The lowest BCUT2D eigenvalue weighted by Gasteiger charge is -2.20. The zero-order valence-corrected chi connectivity index (χ0v) is 20.3. The zero-order chi connectivity index (χ0) is 26.8. The largest absolute Gasteiger partial charge is 0.394 e. The van der Waals surface area contributed by atoms with E-state index in [9.17, 15) is 24.6 Å². The number of carbonyl (C=O) groups is 2. The summed E-state index contributed by atoms with van der Waals surface area (Å²) in [7, 11) is 0. The van der Waals surface area contributed by atoms with Gasteiger partial charge < -0.3 is 20.3 Å². The number of hydrogen-bond donors (Lipinski definition) is 4. The highest BCUT2D eigenvalue weighted by Crippen LogP contribution is 2.35. The number of H-pyrrole nitrogens is 1. The molecule has 3 aromatic carbocycles. The first-order valence-electron chi connectivity index (χ1n) is 12.4. The van der Waals surface area contributed by atoms with Crippen molar-refractivity contribution in [3.8, 4) is 0 Å². The first kappa shape index (κ1) is 23.4. The maximum atomic E-state index is 12.9. The molecule has 1 saturated heterocycles. The van der Waals surface area contributed by atoms with Gasteiger partial charge >= 0.3 is 0 Å². The van der Waals surface area contributed by atoms with E-state index in [0.717, 1.165) is 21.5 Å². The fraction of sp³-hybridized carbons (Fsp3) is 0.179. The van der Waals surface area contributed by atoms with Crippen LogP contribution in [0.4, 0.5) is 5.95 Å². The van der Waals surface area contributed by atoms with Gasteiger partial charge in [-0.05, 0) is 39.7 Å². The van der Waals surface area contributed by atoms with E-state index >= 15 is 0 Å². The molecule has 3 heterocycles. The van der Waals surface area contributed by atoms with Crippen molar-refractivity contribution in [1.82, 2.24) is 19.5 Å². The molecule has 0 radical (unpaired) electrons. The van der Waals surface area contributed by atoms with E-state index in [1.165, 1.54) is 17.0 Å². The lowest BCUT2D eigenvalue weighted by Crippen LogP contribution is -2.24. The lowest BCUT2D eigenvalue weighted by atomic mass is 9.87. The highest BCUT2D eigenvalue weighted by atomic mass is 16.5. The molecule has 1 fully saturated rings. The molecule has 2 aromatic heterocycles. The number of aromatic nitrogens is 4. The van der Waals surface area contributed by atoms with Gasteiger partial charge in [-0.3, -0.25) is 23.9 Å². The summed E-state index contributed by atoms with van der Waals surface area (Å²) < 4.78 is 7.24. The predicted molar refractivity (Wildman–Crippen MR) is 142 cm³/mol. The van der Waals surface area contributed by atoms with Crippen molar-refractivity contribution < 1.29 is 24.5 Å². The van der Waals surface area contributed by atoms with Crippen LogP contribution in [0.2, 0.25) is 0 Å². The molecule has 11 nitrogen and oxygen atoms in total. The van der Waals surface area contributed by atoms with E-state index in [1.807, 2.05) is 42.5 Å². The average molecular weight is 524 g/mol. The van der Waals surface area contributed by atoms with Crippen LogP contribution in [0.3, 0.4) is 0 Å². The van der Waals surface area contributed by atoms with Crippen LogP contribution in [0, 0.1) is 0 Å². The molecule has 4 N–H and O–H groups in total. The molecule has 0 amide bonds. The van der Waals surface area contributed by atoms with E-state index in [-0.39, 0.29) is 35.7 Å². The zero-order valence-electron chi connectivity index (χ0n) is 20.3. The van der Waals surface area contributed by atoms with Crippen molar-refractivity contribution >= 4 is 55.9 Å². The van der Waals surface area contributed by atoms with Gasteiger partial charge in [0.05, 0.1) is 24.7 Å². The number of nitrogens with one attached hydrogen (secondary N) is 2. The molecule has 1 aliphatic heterocycles. The number of hydrogen-bond acceptors (Lipinski definition) is 9. The van der Waals surface area contributed by atoms with Crippen molar-refractivity contribution in [3.63, 3.8) is 0 Å². The Bertz CT molecular complexity index is 1940. The number of carbonyl (C=O) groups excluding carboxylic acids is 2. The highest BCUT2D eigenvalue weighted by Gasteiger charge is 2.35. The third kappa shape index (κ3) is 3.67. The molecular formula is C28H21N5O6. The number of benzene rings is 3. The number of Topliss-reactive ketones (excluding diaryl/α,β-unsaturated/α-hetero) is 1. The predicted octanol–water partition coefficient (Wildman–Crippen LogP) is 2.29. The minimum atomic E-state index is -0.881. The second-order valence-electron chi connectivity index (χ2n) is 9.64. The normalized spacial score (nSPS) is 21.1. The van der Waals surface area contributed by atoms with Gasteiger partial charge in [0.25, 0.3) is 5.56 Å². The van der Waals surface area contributed by atoms with Crippen molar-refractivity contribution in [1.29, 1.82) is 0 Å². The number of aliphatic hydroxyl groups excluding tert-OH is 2. The summed E-state index contributed by atoms with van der Waals surface area (Å²) in [5, 5.41) is 26.3. The van der Waals surface area contributed by atoms with Gasteiger partial charge in [-0.25, -0.2) is 4.98 Å². The smallest absolute Gasteiger partial charge is 0.280 e. The second kappa shape index (κ2) is 8.67. The van der Waals surface area contributed by atoms with E-state index in [4.69, 9.17) is 4.74 Å². The quantitative estimate of drug-likeness (QED) is 0.205. The van der Waals surface area contributed by atoms with Crippen LogP contribution in [0.5, 0.6) is 0 Å². The van der Waals surface area contributed by atoms with Gasteiger partial charge in [0.1, 0.15) is 12.3 Å². The number of imidazole rings is 1. The fourth-order valence-electron chi connectivity index (χ4n) is 5.37. The summed E-state index contributed by atoms with van der Waals surface area (Å²) in [5.74, 6) is -1.28. The molecule has 0 spiro atoms. The third-order valence-corrected chi connectivity index (χ3v) is 7.28. The van der Waals surface area contributed by atoms with Crippen LogP contribution < -0.4 is 10.9 Å². The minimum absolute atomic E-state index is 0.0312. The number of ketones is 2. The molecule has 11 heteroatoms. The highest BCUT2D eigenvalue weighted by molar-refractivity contribution is 6.51. The number of fused-ring (bicyclic) bond motifs is 5. The fourth-order valence-corrected chi connectivity index (χ4v) is 5.37. The van der Waals surface area contributed by atoms with E-state index in [2.05, 4.69) is 20.3 Å². The van der Waals surface area contributed by atoms with Crippen molar-refractivity contribution in [2.24, 2.45) is 0 Å². The summed E-state index contributed by atoms with van der Waals surface area (Å²) in [6.07, 6.45) is 0.462. The molecular weight excluding hydrogens is 502 g/mol. The first-order chi connectivity index (χ1) is 18.9. The molecule has 194 valence electrons. The Morgan fingerprint density at radius 3 is 2.64 bits per heavy atom. The van der Waals surface area contributed by atoms with Gasteiger partial charge in [0, 0.05) is 23.6 Å². The number of nitrogens with zero attached hydrogens (tertiary/aromatic N) is 3. The molecule has 5 aromatic rings. The van der Waals surface area contributed by atoms with E-state index in [1.54, 1.807) is 6.07 Å². The van der Waals surface area contributed by atoms with Crippen molar-refractivity contribution in [2.45, 2.75) is 24.9 Å². The summed E-state index contributed by atoms with van der Waals surface area (Å²) >= 11 is 0. The van der Waals surface area contributed by atoms with Crippen molar-refractivity contribution in [3.05, 3.63) is 82.4 Å². The van der Waals surface area contributed by atoms with Crippen LogP contribution in [0.15, 0.2) is 65.7 Å². The Labute approximate surface area is 219 Å². The number of rotatable bonds is 4. The number of ether oxygens (including phenoxy) is 1. The Balaban J connectivity index is 1.35. The molecule has 1 aliphatic carbocycles. The van der Waals surface area contributed by atoms with E-state index in [0.29, 0.717) is 11.3 Å². The molecule has 0 bridgehead atoms. The van der Waals surface area contributed by atoms with Crippen LogP contribution in [-0.4, -0.2) is 60.1 Å². The maximum absolute atomic E-state index is 12.9. The monoisotopic (exact) mass is 523 g/mol. The molecule has 39 heavy (non-hydrogen) atoms. The maximum Gasteiger partial charge on any atom is 0.280 e. The van der Waals surface area contributed by atoms with Crippen LogP contribution in [-0.2, 0) is 9.53 Å². The van der Waals surface area contributed by atoms with Gasteiger partial charge in [-0.15, -0.1) is 0 Å². The van der Waals surface area contributed by atoms with Crippen molar-refractivity contribution in [2.75, 3.05) is 11.9 Å². The SMILES string of the molecule is O=C1C=C(Nc2nc3c(ncn3[C@H]3C[C@H](O)[C@@H](CO)O3)c(=O)[nH]2)c2c(ccc3cc4ccccc4cc23)C1=O. The summed E-state index contributed by atoms with van der Waals surface area (Å²) in [4.78, 5) is 49.7. The number of aromatic amines is 1. The van der Waals surface area contributed by atoms with Crippen LogP contribution >= 0.6 is 0 Å². The van der Waals surface area contributed by atoms with Crippen LogP contribution in [0.1, 0.15) is 28.6 Å². The molecule has 2 aliphatic rings. The van der Waals surface area contributed by atoms with E-state index < -0.39 is 35.6 Å². The topological polar surface area (TPSA) is 159 Å². The van der Waals surface area contributed by atoms with Gasteiger partial charge in [0.15, 0.2) is 11.2 Å². The number of allylic oxidation sites excluding steroid dienone is 1. The molecule has 7 rings (SSSR count). The molecule has 0 saturated carbocycles. The number of anilines is 1. The second-order valence-corrected chi connectivity index (χ2v) is 9.64. The Morgan fingerprint density at radius 1 is 1.08 bits per heavy atom. The average Bonchev–Trinajstić information content (AvgIpc) is 3.53. The number of aliphatic hydroxyl groups is 2. The summed E-state index contributed by atoms with van der Waals surface area (Å²) in [6.45, 7) is -0.353. The Hall–Kier alpha value is -4.71. The molecule has 3 atom stereocenters. The Morgan fingerprint density at radius 2 is 1.87 bits per heavy atom. The molecule has 0 unspecified atom stereocenters. The Kier molecular flexibility index (Phi) is 5.20. The lowest BCUT2D eigenvalue weighted by molar-refractivity contribution is -0.111. The first-order valence-corrected chi connectivity index (χ1v) is 12.4. The summed E-state index contributed by atoms with van der Waals surface area (Å²) in [6, 6.07) is 15.3. The summed E-state index contributed by atoms with van der Waals surface area (Å²) in [5.41, 5.74) is 0.836. The van der Waals surface area contributed by atoms with Crippen LogP contribution in [0.25, 0.3) is 38.4 Å².